The van der Waals surface area contributed by atoms with Crippen LogP contribution in [0.5, 0.6) is 0 Å². The lowest BCUT2D eigenvalue weighted by molar-refractivity contribution is 0.665. The predicted molar refractivity (Wildman–Crippen MR) is 49.9 cm³/mol. The van der Waals surface area contributed by atoms with Crippen molar-refractivity contribution in [1.82, 2.24) is 14.8 Å². The van der Waals surface area contributed by atoms with Crippen molar-refractivity contribution < 1.29 is 0 Å². The van der Waals surface area contributed by atoms with Crippen LogP contribution in [0.15, 0.2) is 11.5 Å². The molecule has 0 fully saturated rings. The smallest absolute Gasteiger partial charge is 0.185 e. The molecule has 0 spiro atoms. The second kappa shape index (κ2) is 3.77. The second-order valence-corrected chi connectivity index (χ2v) is 3.93. The lowest BCUT2D eigenvalue weighted by Gasteiger charge is -2.13. The van der Waals surface area contributed by atoms with Crippen molar-refractivity contribution in [3.8, 4) is 6.07 Å². The van der Waals surface area contributed by atoms with Crippen LogP contribution >= 0.6 is 11.8 Å². The summed E-state index contributed by atoms with van der Waals surface area (Å²) in [6.45, 7) is 1.69. The quantitative estimate of drug-likeness (QED) is 0.697. The Kier molecular flexibility index (Phi) is 2.90. The molecular formula is C7H11N5S. The molecule has 70 valence electrons. The number of thioether (sulfide) groups is 1. The van der Waals surface area contributed by atoms with E-state index in [1.54, 1.807) is 18.7 Å². The van der Waals surface area contributed by atoms with Crippen molar-refractivity contribution in [2.24, 2.45) is 12.8 Å². The van der Waals surface area contributed by atoms with E-state index in [4.69, 9.17) is 11.0 Å². The molecule has 2 N–H and O–H groups in total. The third-order valence-corrected chi connectivity index (χ3v) is 2.80. The normalized spacial score (nSPS) is 14.9. The molecule has 0 aliphatic carbocycles. The fourth-order valence-corrected chi connectivity index (χ4v) is 1.51. The zero-order chi connectivity index (χ0) is 9.90. The number of aromatic nitrogens is 3. The SMILES string of the molecule is Cn1ncnc1SCC(C)(N)C#N. The van der Waals surface area contributed by atoms with Crippen LogP contribution in [0.4, 0.5) is 0 Å². The van der Waals surface area contributed by atoms with Gasteiger partial charge in [0.2, 0.25) is 0 Å². The van der Waals surface area contributed by atoms with Gasteiger partial charge in [0, 0.05) is 12.8 Å². The minimum absolute atomic E-state index is 0.510. The number of aryl methyl sites for hydroxylation is 1. The predicted octanol–water partition coefficient (Wildman–Crippen LogP) is 0.148. The van der Waals surface area contributed by atoms with E-state index in [1.165, 1.54) is 18.1 Å². The Balaban J connectivity index is 2.54. The monoisotopic (exact) mass is 197 g/mol. The maximum atomic E-state index is 8.66. The van der Waals surface area contributed by atoms with E-state index >= 15 is 0 Å². The number of hydrogen-bond acceptors (Lipinski definition) is 5. The van der Waals surface area contributed by atoms with Crippen LogP contribution in [0.2, 0.25) is 0 Å². The van der Waals surface area contributed by atoms with E-state index in [9.17, 15) is 0 Å². The minimum Gasteiger partial charge on any atom is -0.313 e. The highest BCUT2D eigenvalue weighted by Gasteiger charge is 2.18. The van der Waals surface area contributed by atoms with Crippen LogP contribution in [-0.2, 0) is 7.05 Å². The summed E-state index contributed by atoms with van der Waals surface area (Å²) >= 11 is 1.43. The Morgan fingerprint density at radius 1 is 1.85 bits per heavy atom. The molecule has 1 rings (SSSR count). The Hall–Kier alpha value is -1.06. The first-order valence-electron chi connectivity index (χ1n) is 3.72. The maximum absolute atomic E-state index is 8.66. The summed E-state index contributed by atoms with van der Waals surface area (Å²) in [4.78, 5) is 4.00. The van der Waals surface area contributed by atoms with Crippen molar-refractivity contribution in [2.75, 3.05) is 5.75 Å². The van der Waals surface area contributed by atoms with Gasteiger partial charge in [0.15, 0.2) is 5.16 Å². The van der Waals surface area contributed by atoms with Crippen LogP contribution < -0.4 is 5.73 Å². The summed E-state index contributed by atoms with van der Waals surface area (Å²) in [7, 11) is 1.80. The number of rotatable bonds is 3. The zero-order valence-electron chi connectivity index (χ0n) is 7.56. The van der Waals surface area contributed by atoms with Crippen molar-refractivity contribution in [3.63, 3.8) is 0 Å². The molecular weight excluding hydrogens is 186 g/mol. The van der Waals surface area contributed by atoms with Gasteiger partial charge in [-0.3, -0.25) is 0 Å². The summed E-state index contributed by atoms with van der Waals surface area (Å²) in [6.07, 6.45) is 1.47. The van der Waals surface area contributed by atoms with Crippen molar-refractivity contribution in [1.29, 1.82) is 5.26 Å². The highest BCUT2D eigenvalue weighted by atomic mass is 32.2. The van der Waals surface area contributed by atoms with Crippen molar-refractivity contribution in [3.05, 3.63) is 6.33 Å². The van der Waals surface area contributed by atoms with Gasteiger partial charge in [0.1, 0.15) is 11.9 Å². The molecule has 13 heavy (non-hydrogen) atoms. The van der Waals surface area contributed by atoms with Crippen LogP contribution in [0.25, 0.3) is 0 Å². The molecule has 0 amide bonds. The van der Waals surface area contributed by atoms with Crippen LogP contribution in [-0.4, -0.2) is 26.1 Å². The summed E-state index contributed by atoms with van der Waals surface area (Å²) in [5.41, 5.74) is 4.83. The van der Waals surface area contributed by atoms with Crippen LogP contribution in [0.3, 0.4) is 0 Å². The fraction of sp³-hybridized carbons (Fsp3) is 0.571. The molecule has 0 saturated carbocycles. The molecule has 6 heteroatoms. The standard InChI is InChI=1S/C7H11N5S/c1-7(9,3-8)4-13-6-10-5-11-12(6)2/h5H,4,9H2,1-2H3. The molecule has 0 aliphatic rings. The highest BCUT2D eigenvalue weighted by molar-refractivity contribution is 7.99. The Labute approximate surface area is 80.9 Å². The Bertz CT molecular complexity index is 324. The van der Waals surface area contributed by atoms with E-state index in [0.29, 0.717) is 5.75 Å². The van der Waals surface area contributed by atoms with Gasteiger partial charge in [-0.15, -0.1) is 0 Å². The Morgan fingerprint density at radius 3 is 3.00 bits per heavy atom. The van der Waals surface area contributed by atoms with E-state index in [-0.39, 0.29) is 0 Å². The molecule has 1 atom stereocenters. The molecule has 1 aromatic rings. The highest BCUT2D eigenvalue weighted by Crippen LogP contribution is 2.17. The van der Waals surface area contributed by atoms with Gasteiger partial charge in [-0.25, -0.2) is 9.67 Å². The molecule has 0 aromatic carbocycles. The molecule has 1 unspecified atom stereocenters. The molecule has 1 heterocycles. The summed E-state index contributed by atoms with van der Waals surface area (Å²) in [5.74, 6) is 0.510. The third kappa shape index (κ3) is 2.72. The third-order valence-electron chi connectivity index (χ3n) is 1.43. The maximum Gasteiger partial charge on any atom is 0.185 e. The second-order valence-electron chi connectivity index (χ2n) is 2.98. The lowest BCUT2D eigenvalue weighted by Crippen LogP contribution is -2.36. The van der Waals surface area contributed by atoms with E-state index in [2.05, 4.69) is 10.1 Å². The summed E-state index contributed by atoms with van der Waals surface area (Å²) in [6, 6.07) is 2.02. The summed E-state index contributed by atoms with van der Waals surface area (Å²) in [5, 5.41) is 13.3. The molecule has 5 nitrogen and oxygen atoms in total. The number of hydrogen-bond donors (Lipinski definition) is 1. The molecule has 0 bridgehead atoms. The average molecular weight is 197 g/mol. The Morgan fingerprint density at radius 2 is 2.54 bits per heavy atom. The van der Waals surface area contributed by atoms with Gasteiger partial charge in [-0.2, -0.15) is 10.4 Å². The average Bonchev–Trinajstić information content (AvgIpc) is 2.48. The minimum atomic E-state index is -0.809. The van der Waals surface area contributed by atoms with Crippen LogP contribution in [0, 0.1) is 11.3 Å². The van der Waals surface area contributed by atoms with Gasteiger partial charge in [0.25, 0.3) is 0 Å². The van der Waals surface area contributed by atoms with Gasteiger partial charge >= 0.3 is 0 Å². The van der Waals surface area contributed by atoms with Crippen molar-refractivity contribution in [2.45, 2.75) is 17.6 Å². The van der Waals surface area contributed by atoms with E-state index in [0.717, 1.165) is 5.16 Å². The molecule has 0 saturated heterocycles. The van der Waals surface area contributed by atoms with E-state index in [1.807, 2.05) is 6.07 Å². The fourth-order valence-electron chi connectivity index (χ4n) is 0.663. The number of nitriles is 1. The first-order chi connectivity index (χ1) is 6.05. The van der Waals surface area contributed by atoms with Crippen molar-refractivity contribution >= 4 is 11.8 Å². The number of nitrogens with two attached hydrogens (primary N) is 1. The van der Waals surface area contributed by atoms with Gasteiger partial charge < -0.3 is 5.73 Å². The van der Waals surface area contributed by atoms with E-state index < -0.39 is 5.54 Å². The zero-order valence-corrected chi connectivity index (χ0v) is 8.38. The van der Waals surface area contributed by atoms with Crippen LogP contribution in [0.1, 0.15) is 6.92 Å². The lowest BCUT2D eigenvalue weighted by atomic mass is 10.1. The molecule has 0 aliphatic heterocycles. The molecule has 0 radical (unpaired) electrons. The first-order valence-corrected chi connectivity index (χ1v) is 4.71. The topological polar surface area (TPSA) is 80.5 Å². The summed E-state index contributed by atoms with van der Waals surface area (Å²) < 4.78 is 1.65. The largest absolute Gasteiger partial charge is 0.313 e. The number of nitrogens with zero attached hydrogens (tertiary/aromatic N) is 4. The van der Waals surface area contributed by atoms with Gasteiger partial charge in [-0.1, -0.05) is 11.8 Å². The first kappa shape index (κ1) is 10.0. The molecule has 1 aromatic heterocycles. The van der Waals surface area contributed by atoms with Gasteiger partial charge in [0.05, 0.1) is 6.07 Å². The van der Waals surface area contributed by atoms with Gasteiger partial charge in [-0.05, 0) is 6.92 Å².